The minimum atomic E-state index is -0.159. The van der Waals surface area contributed by atoms with E-state index >= 15 is 0 Å². The van der Waals surface area contributed by atoms with Crippen LogP contribution in [0.15, 0.2) is 18.2 Å². The van der Waals surface area contributed by atoms with Gasteiger partial charge in [0.2, 0.25) is 0 Å². The third kappa shape index (κ3) is 6.47. The average molecular weight is 294 g/mol. The van der Waals surface area contributed by atoms with Crippen molar-refractivity contribution in [3.8, 4) is 0 Å². The summed E-state index contributed by atoms with van der Waals surface area (Å²) in [5, 5.41) is 3.40. The Kier molecular flexibility index (Phi) is 7.16. The summed E-state index contributed by atoms with van der Waals surface area (Å²) in [4.78, 5) is 2.39. The highest BCUT2D eigenvalue weighted by Crippen LogP contribution is 2.24. The van der Waals surface area contributed by atoms with E-state index in [-0.39, 0.29) is 5.82 Å². The summed E-state index contributed by atoms with van der Waals surface area (Å²) in [7, 11) is 0. The molecule has 0 saturated heterocycles. The Hall–Kier alpha value is -1.09. The van der Waals surface area contributed by atoms with Gasteiger partial charge in [-0.1, -0.05) is 41.5 Å². The Morgan fingerprint density at radius 2 is 1.57 bits per heavy atom. The van der Waals surface area contributed by atoms with Gasteiger partial charge in [-0.05, 0) is 35.6 Å². The smallest absolute Gasteiger partial charge is 0.123 e. The zero-order valence-corrected chi connectivity index (χ0v) is 14.4. The zero-order valence-electron chi connectivity index (χ0n) is 14.4. The first kappa shape index (κ1) is 18.0. The average Bonchev–Trinajstić information content (AvgIpc) is 2.34. The van der Waals surface area contributed by atoms with Crippen molar-refractivity contribution in [1.29, 1.82) is 0 Å². The quantitative estimate of drug-likeness (QED) is 0.762. The summed E-state index contributed by atoms with van der Waals surface area (Å²) in [5.41, 5.74) is 2.21. The fraction of sp³-hybridized carbons (Fsp3) is 0.667. The van der Waals surface area contributed by atoms with Crippen LogP contribution in [0.25, 0.3) is 0 Å². The molecule has 0 aliphatic heterocycles. The van der Waals surface area contributed by atoms with Gasteiger partial charge in [0.15, 0.2) is 0 Å². The number of nitrogens with one attached hydrogen (secondary N) is 1. The van der Waals surface area contributed by atoms with Gasteiger partial charge >= 0.3 is 0 Å². The molecule has 0 amide bonds. The van der Waals surface area contributed by atoms with Gasteiger partial charge in [-0.3, -0.25) is 0 Å². The normalized spacial score (nSPS) is 11.7. The molecule has 1 N–H and O–H groups in total. The Bertz CT molecular complexity index is 417. The molecule has 1 aromatic rings. The molecule has 120 valence electrons. The number of halogens is 1. The van der Waals surface area contributed by atoms with Crippen LogP contribution in [0, 0.1) is 17.7 Å². The summed E-state index contributed by atoms with van der Waals surface area (Å²) in [6, 6.07) is 5.56. The second-order valence-electron chi connectivity index (χ2n) is 7.00. The van der Waals surface area contributed by atoms with Crippen LogP contribution >= 0.6 is 0 Å². The molecule has 1 rings (SSSR count). The lowest BCUT2D eigenvalue weighted by Gasteiger charge is -2.30. The molecule has 21 heavy (non-hydrogen) atoms. The zero-order chi connectivity index (χ0) is 16.0. The van der Waals surface area contributed by atoms with E-state index in [1.165, 1.54) is 0 Å². The maximum Gasteiger partial charge on any atom is 0.123 e. The number of rotatable bonds is 8. The highest BCUT2D eigenvalue weighted by molar-refractivity contribution is 5.54. The molecule has 0 fully saturated rings. The molecule has 1 aromatic carbocycles. The second kappa shape index (κ2) is 8.38. The molecule has 0 aliphatic rings. The minimum Gasteiger partial charge on any atom is -0.371 e. The Morgan fingerprint density at radius 1 is 1.00 bits per heavy atom. The van der Waals surface area contributed by atoms with Crippen LogP contribution in [0.4, 0.5) is 10.1 Å². The van der Waals surface area contributed by atoms with E-state index in [0.717, 1.165) is 24.3 Å². The first-order chi connectivity index (χ1) is 9.79. The largest absolute Gasteiger partial charge is 0.371 e. The molecular weight excluding hydrogens is 263 g/mol. The Morgan fingerprint density at radius 3 is 2.05 bits per heavy atom. The van der Waals surface area contributed by atoms with Crippen molar-refractivity contribution in [3.05, 3.63) is 29.6 Å². The van der Waals surface area contributed by atoms with Crippen molar-refractivity contribution in [2.45, 2.75) is 54.1 Å². The molecule has 0 unspecified atom stereocenters. The van der Waals surface area contributed by atoms with Crippen molar-refractivity contribution in [2.75, 3.05) is 18.0 Å². The first-order valence-electron chi connectivity index (χ1n) is 8.06. The molecule has 0 bridgehead atoms. The molecule has 2 nitrogen and oxygen atoms in total. The number of anilines is 1. The monoisotopic (exact) mass is 294 g/mol. The highest BCUT2D eigenvalue weighted by atomic mass is 19.1. The lowest BCUT2D eigenvalue weighted by atomic mass is 10.1. The van der Waals surface area contributed by atoms with Crippen molar-refractivity contribution in [3.63, 3.8) is 0 Å². The lowest BCUT2D eigenvalue weighted by Crippen LogP contribution is -2.33. The molecule has 0 aliphatic carbocycles. The van der Waals surface area contributed by atoms with E-state index in [4.69, 9.17) is 0 Å². The van der Waals surface area contributed by atoms with Gasteiger partial charge in [0.1, 0.15) is 5.82 Å². The van der Waals surface area contributed by atoms with Gasteiger partial charge in [0.25, 0.3) is 0 Å². The number of nitrogens with zero attached hydrogens (tertiary/aromatic N) is 1. The van der Waals surface area contributed by atoms with Crippen LogP contribution in [0.1, 0.15) is 47.1 Å². The molecule has 0 heterocycles. The fourth-order valence-electron chi connectivity index (χ4n) is 2.47. The van der Waals surface area contributed by atoms with E-state index in [2.05, 4.69) is 51.8 Å². The van der Waals surface area contributed by atoms with Crippen molar-refractivity contribution in [1.82, 2.24) is 5.32 Å². The topological polar surface area (TPSA) is 15.3 Å². The molecule has 3 heteroatoms. The first-order valence-corrected chi connectivity index (χ1v) is 8.06. The van der Waals surface area contributed by atoms with Crippen molar-refractivity contribution < 1.29 is 4.39 Å². The van der Waals surface area contributed by atoms with Gasteiger partial charge in [0.05, 0.1) is 0 Å². The molecule has 0 radical (unpaired) electrons. The molecule has 0 saturated carbocycles. The minimum absolute atomic E-state index is 0.159. The summed E-state index contributed by atoms with van der Waals surface area (Å²) < 4.78 is 13.6. The van der Waals surface area contributed by atoms with Crippen LogP contribution in [-0.2, 0) is 6.54 Å². The summed E-state index contributed by atoms with van der Waals surface area (Å²) in [5.74, 6) is 1.01. The highest BCUT2D eigenvalue weighted by Gasteiger charge is 2.15. The molecule has 0 atom stereocenters. The molecule has 0 aromatic heterocycles. The van der Waals surface area contributed by atoms with Crippen molar-refractivity contribution in [2.24, 2.45) is 11.8 Å². The van der Waals surface area contributed by atoms with Gasteiger partial charge in [-0.15, -0.1) is 0 Å². The maximum atomic E-state index is 13.6. The van der Waals surface area contributed by atoms with Gasteiger partial charge in [-0.2, -0.15) is 0 Å². The third-order valence-electron chi connectivity index (χ3n) is 3.25. The van der Waals surface area contributed by atoms with Gasteiger partial charge in [-0.25, -0.2) is 4.39 Å². The van der Waals surface area contributed by atoms with E-state index in [1.54, 1.807) is 12.1 Å². The van der Waals surface area contributed by atoms with E-state index in [1.807, 2.05) is 6.07 Å². The Balaban J connectivity index is 3.03. The Labute approximate surface area is 129 Å². The molecule has 0 spiro atoms. The summed E-state index contributed by atoms with van der Waals surface area (Å²) >= 11 is 0. The van der Waals surface area contributed by atoms with Crippen LogP contribution < -0.4 is 10.2 Å². The third-order valence-corrected chi connectivity index (χ3v) is 3.25. The van der Waals surface area contributed by atoms with Crippen LogP contribution in [0.2, 0.25) is 0 Å². The predicted octanol–water partition coefficient (Wildman–Crippen LogP) is 4.44. The van der Waals surface area contributed by atoms with Crippen LogP contribution in [0.5, 0.6) is 0 Å². The lowest BCUT2D eigenvalue weighted by molar-refractivity contribution is 0.544. The van der Waals surface area contributed by atoms with Gasteiger partial charge < -0.3 is 10.2 Å². The summed E-state index contributed by atoms with van der Waals surface area (Å²) in [6.45, 7) is 15.8. The van der Waals surface area contributed by atoms with Crippen molar-refractivity contribution >= 4 is 5.69 Å². The number of hydrogen-bond acceptors (Lipinski definition) is 2. The maximum absolute atomic E-state index is 13.6. The standard InChI is InChI=1S/C18H31FN2/c1-13(2)11-21(12-14(3)4)18-8-7-17(19)9-16(18)10-20-15(5)6/h7-9,13-15,20H,10-12H2,1-6H3. The van der Waals surface area contributed by atoms with Crippen LogP contribution in [-0.4, -0.2) is 19.1 Å². The van der Waals surface area contributed by atoms with Crippen LogP contribution in [0.3, 0.4) is 0 Å². The second-order valence-corrected chi connectivity index (χ2v) is 7.00. The van der Waals surface area contributed by atoms with E-state index in [9.17, 15) is 4.39 Å². The van der Waals surface area contributed by atoms with Gasteiger partial charge in [0, 0.05) is 31.4 Å². The van der Waals surface area contributed by atoms with E-state index < -0.39 is 0 Å². The predicted molar refractivity (Wildman–Crippen MR) is 90.3 cm³/mol. The number of benzene rings is 1. The number of hydrogen-bond donors (Lipinski definition) is 1. The van der Waals surface area contributed by atoms with E-state index in [0.29, 0.717) is 24.4 Å². The fourth-order valence-corrected chi connectivity index (χ4v) is 2.47. The SMILES string of the molecule is CC(C)CN(CC(C)C)c1ccc(F)cc1CNC(C)C. The molecular formula is C18H31FN2. The summed E-state index contributed by atoms with van der Waals surface area (Å²) in [6.07, 6.45) is 0.